The number of unbranched alkanes of at least 4 members (excludes halogenated alkanes) is 5. The Morgan fingerprint density at radius 1 is 0.792 bits per heavy atom. The largest absolute Gasteiger partial charge is 0.508 e. The standard InChI is InChI=1S/C20H26N2O2/c1-2-3-4-5-6-7-8-16-9-11-17(12-10-16)21-22-19-14-13-18(23)15-20(19)24/h9-15,23-24H,2-8H2,1H3/b22-21+. The zero-order valence-corrected chi connectivity index (χ0v) is 14.3. The molecule has 2 aromatic carbocycles. The highest BCUT2D eigenvalue weighted by Gasteiger charge is 2.01. The van der Waals surface area contributed by atoms with Crippen LogP contribution < -0.4 is 0 Å². The van der Waals surface area contributed by atoms with E-state index >= 15 is 0 Å². The van der Waals surface area contributed by atoms with Crippen LogP contribution >= 0.6 is 0 Å². The van der Waals surface area contributed by atoms with E-state index in [2.05, 4.69) is 29.3 Å². The van der Waals surface area contributed by atoms with Gasteiger partial charge in [-0.05, 0) is 42.7 Å². The Morgan fingerprint density at radius 2 is 1.50 bits per heavy atom. The quantitative estimate of drug-likeness (QED) is 0.412. The molecular formula is C20H26N2O2. The molecule has 0 aromatic heterocycles. The summed E-state index contributed by atoms with van der Waals surface area (Å²) in [4.78, 5) is 0. The minimum atomic E-state index is -0.0848. The molecule has 0 aliphatic heterocycles. The number of rotatable bonds is 9. The summed E-state index contributed by atoms with van der Waals surface area (Å²) in [5, 5.41) is 27.1. The lowest BCUT2D eigenvalue weighted by molar-refractivity contribution is 0.451. The van der Waals surface area contributed by atoms with Crippen LogP contribution in [0.1, 0.15) is 51.0 Å². The van der Waals surface area contributed by atoms with Gasteiger partial charge in [-0.3, -0.25) is 0 Å². The molecule has 24 heavy (non-hydrogen) atoms. The van der Waals surface area contributed by atoms with Gasteiger partial charge in [0.1, 0.15) is 17.2 Å². The second-order valence-corrected chi connectivity index (χ2v) is 6.06. The van der Waals surface area contributed by atoms with Gasteiger partial charge in [-0.2, -0.15) is 5.11 Å². The Morgan fingerprint density at radius 3 is 2.21 bits per heavy atom. The van der Waals surface area contributed by atoms with Gasteiger partial charge in [-0.1, -0.05) is 51.2 Å². The van der Waals surface area contributed by atoms with Crippen LogP contribution in [0.2, 0.25) is 0 Å². The van der Waals surface area contributed by atoms with Crippen LogP contribution in [0.15, 0.2) is 52.7 Å². The maximum atomic E-state index is 9.67. The van der Waals surface area contributed by atoms with Gasteiger partial charge < -0.3 is 10.2 Å². The molecule has 0 atom stereocenters. The van der Waals surface area contributed by atoms with Crippen molar-refractivity contribution < 1.29 is 10.2 Å². The van der Waals surface area contributed by atoms with E-state index in [-0.39, 0.29) is 11.5 Å². The monoisotopic (exact) mass is 326 g/mol. The smallest absolute Gasteiger partial charge is 0.146 e. The fourth-order valence-electron chi connectivity index (χ4n) is 2.55. The van der Waals surface area contributed by atoms with Crippen molar-refractivity contribution >= 4 is 11.4 Å². The maximum Gasteiger partial charge on any atom is 0.146 e. The van der Waals surface area contributed by atoms with E-state index in [1.165, 1.54) is 62.3 Å². The third-order valence-electron chi connectivity index (χ3n) is 3.99. The van der Waals surface area contributed by atoms with Gasteiger partial charge in [0, 0.05) is 6.07 Å². The molecule has 0 saturated carbocycles. The van der Waals surface area contributed by atoms with Gasteiger partial charge in [0.15, 0.2) is 0 Å². The van der Waals surface area contributed by atoms with Crippen molar-refractivity contribution in [3.63, 3.8) is 0 Å². The molecule has 128 valence electrons. The highest BCUT2D eigenvalue weighted by Crippen LogP contribution is 2.31. The highest BCUT2D eigenvalue weighted by atomic mass is 16.3. The minimum Gasteiger partial charge on any atom is -0.508 e. The summed E-state index contributed by atoms with van der Waals surface area (Å²) in [6.45, 7) is 2.24. The van der Waals surface area contributed by atoms with E-state index in [0.29, 0.717) is 5.69 Å². The minimum absolute atomic E-state index is 0.00509. The van der Waals surface area contributed by atoms with Crippen molar-refractivity contribution in [2.45, 2.75) is 51.9 Å². The summed E-state index contributed by atoms with van der Waals surface area (Å²) in [5.41, 5.74) is 2.40. The van der Waals surface area contributed by atoms with Gasteiger partial charge in [-0.15, -0.1) is 5.11 Å². The van der Waals surface area contributed by atoms with E-state index in [0.717, 1.165) is 12.1 Å². The highest BCUT2D eigenvalue weighted by molar-refractivity contribution is 5.53. The molecule has 4 nitrogen and oxygen atoms in total. The molecule has 0 heterocycles. The summed E-state index contributed by atoms with van der Waals surface area (Å²) in [5.74, 6) is -0.0797. The normalized spacial score (nSPS) is 11.2. The van der Waals surface area contributed by atoms with Crippen molar-refractivity contribution in [2.75, 3.05) is 0 Å². The first-order valence-electron chi connectivity index (χ1n) is 8.71. The van der Waals surface area contributed by atoms with E-state index in [9.17, 15) is 10.2 Å². The predicted octanol–water partition coefficient (Wildman–Crippen LogP) is 6.42. The molecule has 0 fully saturated rings. The van der Waals surface area contributed by atoms with Crippen molar-refractivity contribution in [1.29, 1.82) is 0 Å². The lowest BCUT2D eigenvalue weighted by atomic mass is 10.0. The molecule has 2 rings (SSSR count). The van der Waals surface area contributed by atoms with Crippen LogP contribution in [0, 0.1) is 0 Å². The first-order chi connectivity index (χ1) is 11.7. The zero-order valence-electron chi connectivity index (χ0n) is 14.3. The van der Waals surface area contributed by atoms with Gasteiger partial charge in [0.25, 0.3) is 0 Å². The molecule has 4 heteroatoms. The number of hydrogen-bond acceptors (Lipinski definition) is 4. The molecule has 0 aliphatic carbocycles. The second-order valence-electron chi connectivity index (χ2n) is 6.06. The third kappa shape index (κ3) is 6.03. The van der Waals surface area contributed by atoms with Crippen molar-refractivity contribution in [2.24, 2.45) is 10.2 Å². The Balaban J connectivity index is 1.82. The van der Waals surface area contributed by atoms with Crippen LogP contribution in [0.3, 0.4) is 0 Å². The first kappa shape index (κ1) is 18.0. The number of benzene rings is 2. The number of phenols is 2. The molecule has 2 aromatic rings. The van der Waals surface area contributed by atoms with Crippen molar-refractivity contribution in [3.05, 3.63) is 48.0 Å². The Kier molecular flexibility index (Phi) is 7.27. The number of aromatic hydroxyl groups is 2. The SMILES string of the molecule is CCCCCCCCc1ccc(/N=N/c2ccc(O)cc2O)cc1. The van der Waals surface area contributed by atoms with E-state index < -0.39 is 0 Å². The van der Waals surface area contributed by atoms with Gasteiger partial charge >= 0.3 is 0 Å². The summed E-state index contributed by atoms with van der Waals surface area (Å²) in [7, 11) is 0. The average molecular weight is 326 g/mol. The Hall–Kier alpha value is -2.36. The maximum absolute atomic E-state index is 9.67. The molecule has 2 N–H and O–H groups in total. The van der Waals surface area contributed by atoms with Crippen LogP contribution in [0.25, 0.3) is 0 Å². The fourth-order valence-corrected chi connectivity index (χ4v) is 2.55. The number of hydrogen-bond donors (Lipinski definition) is 2. The summed E-state index contributed by atoms with van der Waals surface area (Å²) in [6, 6.07) is 12.3. The van der Waals surface area contributed by atoms with Crippen LogP contribution in [-0.4, -0.2) is 10.2 Å². The lowest BCUT2D eigenvalue weighted by Crippen LogP contribution is -1.85. The predicted molar refractivity (Wildman–Crippen MR) is 97.5 cm³/mol. The Bertz CT molecular complexity index is 651. The average Bonchev–Trinajstić information content (AvgIpc) is 2.58. The van der Waals surface area contributed by atoms with Gasteiger partial charge in [-0.25, -0.2) is 0 Å². The summed E-state index contributed by atoms with van der Waals surface area (Å²) < 4.78 is 0. The lowest BCUT2D eigenvalue weighted by Gasteiger charge is -2.02. The molecule has 0 amide bonds. The summed E-state index contributed by atoms with van der Waals surface area (Å²) >= 11 is 0. The molecule has 0 saturated heterocycles. The Labute approximate surface area is 143 Å². The molecule has 0 unspecified atom stereocenters. The van der Waals surface area contributed by atoms with Gasteiger partial charge in [0.05, 0.1) is 5.69 Å². The van der Waals surface area contributed by atoms with Crippen LogP contribution in [0.5, 0.6) is 11.5 Å². The third-order valence-corrected chi connectivity index (χ3v) is 3.99. The molecule has 0 bridgehead atoms. The topological polar surface area (TPSA) is 65.2 Å². The molecule has 0 aliphatic rings. The second kappa shape index (κ2) is 9.71. The summed E-state index contributed by atoms with van der Waals surface area (Å²) in [6.07, 6.45) is 8.93. The fraction of sp³-hybridized carbons (Fsp3) is 0.400. The van der Waals surface area contributed by atoms with Gasteiger partial charge in [0.2, 0.25) is 0 Å². The number of phenolic OH excluding ortho intramolecular Hbond substituents is 2. The number of aryl methyl sites for hydroxylation is 1. The van der Waals surface area contributed by atoms with Crippen molar-refractivity contribution in [3.8, 4) is 11.5 Å². The zero-order chi connectivity index (χ0) is 17.2. The van der Waals surface area contributed by atoms with E-state index in [4.69, 9.17) is 0 Å². The number of azo groups is 1. The number of nitrogens with zero attached hydrogens (tertiary/aromatic N) is 2. The molecule has 0 radical (unpaired) electrons. The first-order valence-corrected chi connectivity index (χ1v) is 8.71. The van der Waals surface area contributed by atoms with Crippen LogP contribution in [-0.2, 0) is 6.42 Å². The molecule has 0 spiro atoms. The van der Waals surface area contributed by atoms with E-state index in [1.54, 1.807) is 0 Å². The van der Waals surface area contributed by atoms with E-state index in [1.807, 2.05) is 12.1 Å². The van der Waals surface area contributed by atoms with Crippen molar-refractivity contribution in [1.82, 2.24) is 0 Å². The van der Waals surface area contributed by atoms with Crippen LogP contribution in [0.4, 0.5) is 11.4 Å². The molecular weight excluding hydrogens is 300 g/mol.